The number of Topliss-reactive ketones (excluding diaryl/α,β-unsaturated/α-hetero) is 1. The van der Waals surface area contributed by atoms with Crippen LogP contribution in [0.4, 0.5) is 5.69 Å². The zero-order valence-electron chi connectivity index (χ0n) is 10.4. The Kier molecular flexibility index (Phi) is 4.64. The molecule has 1 aromatic rings. The van der Waals surface area contributed by atoms with Gasteiger partial charge in [-0.3, -0.25) is 9.79 Å². The normalized spacial score (nSPS) is 12.6. The number of hydrogen-bond acceptors (Lipinski definition) is 3. The minimum Gasteiger partial charge on any atom is -0.512 e. The molecule has 0 saturated carbocycles. The number of aryl methyl sites for hydroxylation is 1. The topological polar surface area (TPSA) is 49.7 Å². The molecule has 0 aliphatic rings. The second kappa shape index (κ2) is 5.99. The van der Waals surface area contributed by atoms with Crippen LogP contribution in [0.1, 0.15) is 25.8 Å². The zero-order valence-corrected chi connectivity index (χ0v) is 10.4. The highest BCUT2D eigenvalue weighted by Crippen LogP contribution is 2.17. The van der Waals surface area contributed by atoms with Gasteiger partial charge in [0.2, 0.25) is 0 Å². The Hall–Kier alpha value is -1.90. The van der Waals surface area contributed by atoms with Crippen LogP contribution in [-0.2, 0) is 4.79 Å². The summed E-state index contributed by atoms with van der Waals surface area (Å²) in [6.45, 7) is 5.16. The van der Waals surface area contributed by atoms with Crippen LogP contribution in [0.2, 0.25) is 0 Å². The number of carbonyl (C=O) groups is 1. The van der Waals surface area contributed by atoms with E-state index in [1.165, 1.54) is 13.1 Å². The van der Waals surface area contributed by atoms with Gasteiger partial charge in [-0.1, -0.05) is 25.1 Å². The lowest BCUT2D eigenvalue weighted by Gasteiger charge is -2.02. The summed E-state index contributed by atoms with van der Waals surface area (Å²) in [5.41, 5.74) is 2.11. The number of aliphatic hydroxyl groups is 1. The van der Waals surface area contributed by atoms with E-state index in [4.69, 9.17) is 0 Å². The summed E-state index contributed by atoms with van der Waals surface area (Å²) in [5.74, 6) is -0.100. The fourth-order valence-electron chi connectivity index (χ4n) is 1.40. The van der Waals surface area contributed by atoms with Gasteiger partial charge in [0, 0.05) is 12.6 Å². The van der Waals surface area contributed by atoms with Crippen molar-refractivity contribution in [2.24, 2.45) is 4.99 Å². The van der Waals surface area contributed by atoms with Gasteiger partial charge < -0.3 is 5.11 Å². The SMILES string of the molecule is CC/C(O)=C(/C=Nc1ccccc1C)C(C)=O. The first-order valence-corrected chi connectivity index (χ1v) is 5.59. The number of aliphatic imine (C=N–C) groups is 1. The van der Waals surface area contributed by atoms with Crippen molar-refractivity contribution in [2.75, 3.05) is 0 Å². The quantitative estimate of drug-likeness (QED) is 0.489. The van der Waals surface area contributed by atoms with Crippen molar-refractivity contribution in [3.63, 3.8) is 0 Å². The maximum Gasteiger partial charge on any atom is 0.164 e. The van der Waals surface area contributed by atoms with Crippen molar-refractivity contribution < 1.29 is 9.90 Å². The summed E-state index contributed by atoms with van der Waals surface area (Å²) in [5, 5.41) is 9.60. The van der Waals surface area contributed by atoms with Crippen molar-refractivity contribution in [2.45, 2.75) is 27.2 Å². The van der Waals surface area contributed by atoms with E-state index in [0.717, 1.165) is 11.3 Å². The van der Waals surface area contributed by atoms with Crippen LogP contribution in [0.15, 0.2) is 40.6 Å². The second-order valence-electron chi connectivity index (χ2n) is 3.81. The van der Waals surface area contributed by atoms with E-state index < -0.39 is 0 Å². The highest BCUT2D eigenvalue weighted by molar-refractivity contribution is 6.13. The number of rotatable bonds is 4. The maximum atomic E-state index is 11.3. The predicted molar refractivity (Wildman–Crippen MR) is 70.0 cm³/mol. The number of nitrogens with zero attached hydrogens (tertiary/aromatic N) is 1. The summed E-state index contributed by atoms with van der Waals surface area (Å²) < 4.78 is 0. The standard InChI is InChI=1S/C14H17NO2/c1-4-14(17)12(11(3)16)9-15-13-8-6-5-7-10(13)2/h5-9,17H,4H2,1-3H3/b14-12+,15-9?. The van der Waals surface area contributed by atoms with Crippen molar-refractivity contribution in [3.05, 3.63) is 41.2 Å². The number of carbonyl (C=O) groups excluding carboxylic acids is 1. The number of benzene rings is 1. The van der Waals surface area contributed by atoms with E-state index in [-0.39, 0.29) is 17.1 Å². The average molecular weight is 231 g/mol. The number of hydrogen-bond donors (Lipinski definition) is 1. The van der Waals surface area contributed by atoms with Gasteiger partial charge in [-0.15, -0.1) is 0 Å². The molecule has 0 saturated heterocycles. The molecule has 0 radical (unpaired) electrons. The van der Waals surface area contributed by atoms with Crippen LogP contribution < -0.4 is 0 Å². The summed E-state index contributed by atoms with van der Waals surface area (Å²) in [4.78, 5) is 15.6. The first-order chi connectivity index (χ1) is 8.06. The molecule has 0 bridgehead atoms. The van der Waals surface area contributed by atoms with Crippen LogP contribution in [0.3, 0.4) is 0 Å². The molecule has 0 aliphatic heterocycles. The monoisotopic (exact) mass is 231 g/mol. The molecule has 17 heavy (non-hydrogen) atoms. The molecule has 90 valence electrons. The summed E-state index contributed by atoms with van der Waals surface area (Å²) >= 11 is 0. The molecule has 3 heteroatoms. The van der Waals surface area contributed by atoms with Gasteiger partial charge in [0.1, 0.15) is 5.76 Å². The Morgan fingerprint density at radius 1 is 1.41 bits per heavy atom. The van der Waals surface area contributed by atoms with Crippen molar-refractivity contribution in [1.82, 2.24) is 0 Å². The summed E-state index contributed by atoms with van der Waals surface area (Å²) in [7, 11) is 0. The van der Waals surface area contributed by atoms with Gasteiger partial charge in [0.25, 0.3) is 0 Å². The predicted octanol–water partition coefficient (Wildman–Crippen LogP) is 3.51. The molecule has 0 atom stereocenters. The molecule has 3 nitrogen and oxygen atoms in total. The Bertz CT molecular complexity index is 473. The van der Waals surface area contributed by atoms with E-state index in [1.54, 1.807) is 6.92 Å². The number of aliphatic hydroxyl groups excluding tert-OH is 1. The molecular formula is C14H17NO2. The van der Waals surface area contributed by atoms with Gasteiger partial charge in [0.05, 0.1) is 11.3 Å². The van der Waals surface area contributed by atoms with Crippen molar-refractivity contribution in [3.8, 4) is 0 Å². The number of para-hydroxylation sites is 1. The Morgan fingerprint density at radius 2 is 2.06 bits per heavy atom. The minimum atomic E-state index is -0.179. The van der Waals surface area contributed by atoms with E-state index >= 15 is 0 Å². The van der Waals surface area contributed by atoms with Crippen LogP contribution in [0.25, 0.3) is 0 Å². The lowest BCUT2D eigenvalue weighted by Crippen LogP contribution is -2.02. The van der Waals surface area contributed by atoms with Crippen LogP contribution >= 0.6 is 0 Å². The van der Waals surface area contributed by atoms with E-state index in [0.29, 0.717) is 6.42 Å². The minimum absolute atomic E-state index is 0.0786. The number of allylic oxidation sites excluding steroid dienone is 2. The third kappa shape index (κ3) is 3.55. The first-order valence-electron chi connectivity index (χ1n) is 5.59. The molecule has 0 aliphatic carbocycles. The molecular weight excluding hydrogens is 214 g/mol. The number of ketones is 1. The molecule has 0 heterocycles. The van der Waals surface area contributed by atoms with Crippen LogP contribution in [0, 0.1) is 6.92 Å². The zero-order chi connectivity index (χ0) is 12.8. The van der Waals surface area contributed by atoms with Crippen molar-refractivity contribution >= 4 is 17.7 Å². The third-order valence-corrected chi connectivity index (χ3v) is 2.47. The fourth-order valence-corrected chi connectivity index (χ4v) is 1.40. The smallest absolute Gasteiger partial charge is 0.164 e. The van der Waals surface area contributed by atoms with E-state index in [9.17, 15) is 9.90 Å². The molecule has 1 N–H and O–H groups in total. The van der Waals surface area contributed by atoms with E-state index in [2.05, 4.69) is 4.99 Å². The highest BCUT2D eigenvalue weighted by atomic mass is 16.3. The summed E-state index contributed by atoms with van der Waals surface area (Å²) in [6.07, 6.45) is 1.86. The molecule has 0 aromatic heterocycles. The molecule has 1 aromatic carbocycles. The van der Waals surface area contributed by atoms with E-state index in [1.807, 2.05) is 31.2 Å². The van der Waals surface area contributed by atoms with Crippen molar-refractivity contribution in [1.29, 1.82) is 0 Å². The van der Waals surface area contributed by atoms with Crippen LogP contribution in [0.5, 0.6) is 0 Å². The Labute approximate surface area is 102 Å². The average Bonchev–Trinajstić information content (AvgIpc) is 2.30. The Morgan fingerprint density at radius 3 is 2.59 bits per heavy atom. The molecule has 0 unspecified atom stereocenters. The third-order valence-electron chi connectivity index (χ3n) is 2.47. The lowest BCUT2D eigenvalue weighted by molar-refractivity contribution is -0.113. The van der Waals surface area contributed by atoms with Gasteiger partial charge in [0.15, 0.2) is 5.78 Å². The Balaban J connectivity index is 3.04. The molecule has 0 fully saturated rings. The second-order valence-corrected chi connectivity index (χ2v) is 3.81. The lowest BCUT2D eigenvalue weighted by atomic mass is 10.1. The highest BCUT2D eigenvalue weighted by Gasteiger charge is 2.07. The molecule has 0 spiro atoms. The fraction of sp³-hybridized carbons (Fsp3) is 0.286. The first kappa shape index (κ1) is 13.2. The van der Waals surface area contributed by atoms with Crippen LogP contribution in [-0.4, -0.2) is 17.1 Å². The largest absolute Gasteiger partial charge is 0.512 e. The van der Waals surface area contributed by atoms with Gasteiger partial charge in [-0.25, -0.2) is 0 Å². The molecule has 1 rings (SSSR count). The maximum absolute atomic E-state index is 11.3. The van der Waals surface area contributed by atoms with Gasteiger partial charge in [-0.2, -0.15) is 0 Å². The van der Waals surface area contributed by atoms with Gasteiger partial charge >= 0.3 is 0 Å². The summed E-state index contributed by atoms with van der Waals surface area (Å²) in [6, 6.07) is 7.63. The van der Waals surface area contributed by atoms with Gasteiger partial charge in [-0.05, 0) is 25.5 Å². The molecule has 0 amide bonds.